The van der Waals surface area contributed by atoms with Crippen molar-refractivity contribution in [3.63, 3.8) is 0 Å². The first-order valence-corrected chi connectivity index (χ1v) is 7.22. The molecule has 0 heterocycles. The zero-order valence-corrected chi connectivity index (χ0v) is 10.9. The van der Waals surface area contributed by atoms with E-state index in [1.807, 2.05) is 0 Å². The van der Waals surface area contributed by atoms with E-state index < -0.39 is 0 Å². The normalized spacial score (nSPS) is 44.8. The third-order valence-electron chi connectivity index (χ3n) is 4.92. The van der Waals surface area contributed by atoms with Crippen molar-refractivity contribution in [2.75, 3.05) is 0 Å². The number of nitrogens with one attached hydrogen (secondary N) is 1. The summed E-state index contributed by atoms with van der Waals surface area (Å²) in [6.07, 6.45) is 9.24. The smallest absolute Gasteiger partial charge is 0.00980 e. The van der Waals surface area contributed by atoms with Crippen LogP contribution < -0.4 is 11.1 Å². The van der Waals surface area contributed by atoms with Crippen LogP contribution in [0.3, 0.4) is 0 Å². The number of hydrogen-bond acceptors (Lipinski definition) is 2. The third-order valence-corrected chi connectivity index (χ3v) is 4.92. The van der Waals surface area contributed by atoms with Crippen LogP contribution >= 0.6 is 0 Å². The van der Waals surface area contributed by atoms with Crippen LogP contribution in [0, 0.1) is 11.8 Å². The monoisotopic (exact) mass is 224 g/mol. The van der Waals surface area contributed by atoms with Crippen molar-refractivity contribution in [1.82, 2.24) is 5.32 Å². The first kappa shape index (κ1) is 12.4. The highest BCUT2D eigenvalue weighted by molar-refractivity contribution is 4.90. The summed E-state index contributed by atoms with van der Waals surface area (Å²) < 4.78 is 0. The zero-order chi connectivity index (χ0) is 11.5. The van der Waals surface area contributed by atoms with Crippen molar-refractivity contribution in [1.29, 1.82) is 0 Å². The van der Waals surface area contributed by atoms with Gasteiger partial charge in [-0.3, -0.25) is 0 Å². The molecule has 94 valence electrons. The quantitative estimate of drug-likeness (QED) is 0.773. The SMILES string of the molecule is CCC1CCC(NC2CCCC(N)C2)C1C. The standard InChI is InChI=1S/C14H28N2/c1-3-11-7-8-14(10(11)2)16-13-6-4-5-12(15)9-13/h10-14,16H,3-9,15H2,1-2H3. The van der Waals surface area contributed by atoms with Crippen LogP contribution in [0.15, 0.2) is 0 Å². The van der Waals surface area contributed by atoms with Gasteiger partial charge in [-0.25, -0.2) is 0 Å². The summed E-state index contributed by atoms with van der Waals surface area (Å²) in [5, 5.41) is 3.88. The van der Waals surface area contributed by atoms with Crippen molar-refractivity contribution in [3.05, 3.63) is 0 Å². The molecule has 0 aliphatic heterocycles. The van der Waals surface area contributed by atoms with Crippen LogP contribution in [-0.2, 0) is 0 Å². The Labute approximate surface area is 100 Å². The summed E-state index contributed by atoms with van der Waals surface area (Å²) in [6, 6.07) is 1.91. The highest BCUT2D eigenvalue weighted by Gasteiger charge is 2.33. The molecule has 0 aromatic rings. The lowest BCUT2D eigenvalue weighted by Gasteiger charge is -2.32. The average Bonchev–Trinajstić information content (AvgIpc) is 2.60. The van der Waals surface area contributed by atoms with Crippen LogP contribution in [0.25, 0.3) is 0 Å². The second-order valence-corrected chi connectivity index (χ2v) is 6.00. The van der Waals surface area contributed by atoms with Gasteiger partial charge >= 0.3 is 0 Å². The van der Waals surface area contributed by atoms with Crippen LogP contribution in [0.5, 0.6) is 0 Å². The molecule has 0 aromatic heterocycles. The van der Waals surface area contributed by atoms with Crippen molar-refractivity contribution >= 4 is 0 Å². The summed E-state index contributed by atoms with van der Waals surface area (Å²) in [5.41, 5.74) is 6.05. The predicted octanol–water partition coefficient (Wildman–Crippen LogP) is 2.67. The van der Waals surface area contributed by atoms with Crippen molar-refractivity contribution in [2.45, 2.75) is 76.9 Å². The lowest BCUT2D eigenvalue weighted by Crippen LogP contribution is -2.45. The van der Waals surface area contributed by atoms with E-state index in [1.165, 1.54) is 44.9 Å². The molecule has 2 fully saturated rings. The minimum atomic E-state index is 0.449. The van der Waals surface area contributed by atoms with Crippen molar-refractivity contribution in [2.24, 2.45) is 17.6 Å². The van der Waals surface area contributed by atoms with E-state index in [9.17, 15) is 0 Å². The molecule has 0 spiro atoms. The van der Waals surface area contributed by atoms with Gasteiger partial charge in [0.15, 0.2) is 0 Å². The Morgan fingerprint density at radius 2 is 2.00 bits per heavy atom. The van der Waals surface area contributed by atoms with E-state index in [1.54, 1.807) is 0 Å². The molecule has 0 bridgehead atoms. The maximum atomic E-state index is 6.05. The summed E-state index contributed by atoms with van der Waals surface area (Å²) in [7, 11) is 0. The van der Waals surface area contributed by atoms with E-state index >= 15 is 0 Å². The Hall–Kier alpha value is -0.0800. The molecule has 2 rings (SSSR count). The molecular formula is C14H28N2. The van der Waals surface area contributed by atoms with Gasteiger partial charge in [0.05, 0.1) is 0 Å². The molecule has 16 heavy (non-hydrogen) atoms. The highest BCUT2D eigenvalue weighted by atomic mass is 15.0. The van der Waals surface area contributed by atoms with E-state index in [0.29, 0.717) is 12.1 Å². The summed E-state index contributed by atoms with van der Waals surface area (Å²) in [5.74, 6) is 1.82. The van der Waals surface area contributed by atoms with E-state index in [0.717, 1.165) is 17.9 Å². The van der Waals surface area contributed by atoms with Crippen LogP contribution in [-0.4, -0.2) is 18.1 Å². The van der Waals surface area contributed by atoms with Crippen LogP contribution in [0.4, 0.5) is 0 Å². The maximum Gasteiger partial charge on any atom is 0.00980 e. The first-order chi connectivity index (χ1) is 7.70. The molecule has 2 aliphatic carbocycles. The molecule has 5 atom stereocenters. The van der Waals surface area contributed by atoms with E-state index in [4.69, 9.17) is 5.73 Å². The van der Waals surface area contributed by atoms with Gasteiger partial charge in [-0.1, -0.05) is 26.7 Å². The Morgan fingerprint density at radius 3 is 2.62 bits per heavy atom. The number of rotatable bonds is 3. The highest BCUT2D eigenvalue weighted by Crippen LogP contribution is 2.34. The van der Waals surface area contributed by atoms with Crippen LogP contribution in [0.1, 0.15) is 58.8 Å². The largest absolute Gasteiger partial charge is 0.328 e. The number of nitrogens with two attached hydrogens (primary N) is 1. The fourth-order valence-electron chi connectivity index (χ4n) is 3.74. The van der Waals surface area contributed by atoms with Gasteiger partial charge in [0.25, 0.3) is 0 Å². The number of hydrogen-bond donors (Lipinski definition) is 2. The Kier molecular flexibility index (Phi) is 4.26. The lowest BCUT2D eigenvalue weighted by molar-refractivity contribution is 0.271. The first-order valence-electron chi connectivity index (χ1n) is 7.22. The van der Waals surface area contributed by atoms with Crippen LogP contribution in [0.2, 0.25) is 0 Å². The fraction of sp³-hybridized carbons (Fsp3) is 1.00. The molecule has 0 aromatic carbocycles. The van der Waals surface area contributed by atoms with Gasteiger partial charge < -0.3 is 11.1 Å². The molecule has 2 heteroatoms. The Bertz CT molecular complexity index is 217. The minimum Gasteiger partial charge on any atom is -0.328 e. The molecule has 0 saturated heterocycles. The molecule has 5 unspecified atom stereocenters. The van der Waals surface area contributed by atoms with Crippen molar-refractivity contribution < 1.29 is 0 Å². The Balaban J connectivity index is 1.81. The van der Waals surface area contributed by atoms with E-state index in [2.05, 4.69) is 19.2 Å². The van der Waals surface area contributed by atoms with Gasteiger partial charge in [0.1, 0.15) is 0 Å². The van der Waals surface area contributed by atoms with Gasteiger partial charge in [-0.15, -0.1) is 0 Å². The molecule has 3 N–H and O–H groups in total. The predicted molar refractivity (Wildman–Crippen MR) is 69.3 cm³/mol. The molecule has 0 radical (unpaired) electrons. The second kappa shape index (κ2) is 5.50. The van der Waals surface area contributed by atoms with E-state index in [-0.39, 0.29) is 0 Å². The summed E-state index contributed by atoms with van der Waals surface area (Å²) >= 11 is 0. The maximum absolute atomic E-state index is 6.05. The molecule has 2 aliphatic rings. The van der Waals surface area contributed by atoms with Gasteiger partial charge in [-0.2, -0.15) is 0 Å². The molecule has 2 saturated carbocycles. The summed E-state index contributed by atoms with van der Waals surface area (Å²) in [4.78, 5) is 0. The Morgan fingerprint density at radius 1 is 1.19 bits per heavy atom. The molecular weight excluding hydrogens is 196 g/mol. The zero-order valence-electron chi connectivity index (χ0n) is 10.9. The second-order valence-electron chi connectivity index (χ2n) is 6.00. The van der Waals surface area contributed by atoms with Gasteiger partial charge in [0.2, 0.25) is 0 Å². The molecule has 2 nitrogen and oxygen atoms in total. The average molecular weight is 224 g/mol. The minimum absolute atomic E-state index is 0.449. The lowest BCUT2D eigenvalue weighted by atomic mass is 9.89. The topological polar surface area (TPSA) is 38.0 Å². The summed E-state index contributed by atoms with van der Waals surface area (Å²) in [6.45, 7) is 4.77. The fourth-order valence-corrected chi connectivity index (χ4v) is 3.74. The van der Waals surface area contributed by atoms with Gasteiger partial charge in [-0.05, 0) is 43.9 Å². The third kappa shape index (κ3) is 2.78. The van der Waals surface area contributed by atoms with Crippen molar-refractivity contribution in [3.8, 4) is 0 Å². The molecule has 0 amide bonds. The van der Waals surface area contributed by atoms with Gasteiger partial charge in [0, 0.05) is 18.1 Å².